The minimum atomic E-state index is 0.693. The van der Waals surface area contributed by atoms with Gasteiger partial charge in [-0.15, -0.1) is 0 Å². The predicted octanol–water partition coefficient (Wildman–Crippen LogP) is 8.50. The Bertz CT molecular complexity index is 506. The van der Waals surface area contributed by atoms with Crippen LogP contribution in [0, 0.1) is 52.3 Å². The first-order valence-corrected chi connectivity index (χ1v) is 12.8. The van der Waals surface area contributed by atoms with Crippen molar-refractivity contribution >= 4 is 0 Å². The Balaban J connectivity index is 1.45. The molecular formula is C27H48. The summed E-state index contributed by atoms with van der Waals surface area (Å²) in [6, 6.07) is 0. The Hall–Kier alpha value is 0. The highest BCUT2D eigenvalue weighted by Crippen LogP contribution is 2.68. The third-order valence-corrected chi connectivity index (χ3v) is 10.7. The van der Waals surface area contributed by atoms with Gasteiger partial charge >= 0.3 is 0 Å². The van der Waals surface area contributed by atoms with Crippen molar-refractivity contribution in [3.63, 3.8) is 0 Å². The zero-order chi connectivity index (χ0) is 19.2. The van der Waals surface area contributed by atoms with Crippen LogP contribution in [0.1, 0.15) is 118 Å². The normalized spacial score (nSPS) is 48.0. The van der Waals surface area contributed by atoms with Crippen LogP contribution < -0.4 is 0 Å². The number of hydrogen-bond acceptors (Lipinski definition) is 0. The van der Waals surface area contributed by atoms with E-state index < -0.39 is 0 Å². The molecule has 0 heteroatoms. The first-order valence-electron chi connectivity index (χ1n) is 12.8. The van der Waals surface area contributed by atoms with Crippen LogP contribution >= 0.6 is 0 Å². The molecule has 0 aromatic heterocycles. The van der Waals surface area contributed by atoms with Gasteiger partial charge in [0.25, 0.3) is 0 Å². The topological polar surface area (TPSA) is 0 Å². The molecule has 0 aliphatic heterocycles. The second-order valence-corrected chi connectivity index (χ2v) is 12.5. The van der Waals surface area contributed by atoms with E-state index in [4.69, 9.17) is 0 Å². The fourth-order valence-corrected chi connectivity index (χ4v) is 9.14. The summed E-state index contributed by atoms with van der Waals surface area (Å²) in [7, 11) is 0. The number of fused-ring (bicyclic) bond motifs is 5. The summed E-state index contributed by atoms with van der Waals surface area (Å²) in [5.74, 6) is 7.18. The van der Waals surface area contributed by atoms with E-state index >= 15 is 0 Å². The van der Waals surface area contributed by atoms with Crippen LogP contribution in [0.2, 0.25) is 0 Å². The molecule has 0 N–H and O–H groups in total. The quantitative estimate of drug-likeness (QED) is 0.453. The van der Waals surface area contributed by atoms with Gasteiger partial charge in [-0.05, 0) is 104 Å². The van der Waals surface area contributed by atoms with Gasteiger partial charge in [-0.1, -0.05) is 66.7 Å². The summed E-state index contributed by atoms with van der Waals surface area (Å²) in [5, 5.41) is 0. The molecule has 0 spiro atoms. The Kier molecular flexibility index (Phi) is 5.77. The van der Waals surface area contributed by atoms with Crippen molar-refractivity contribution in [1.29, 1.82) is 0 Å². The van der Waals surface area contributed by atoms with Crippen LogP contribution in [0.5, 0.6) is 0 Å². The van der Waals surface area contributed by atoms with Crippen LogP contribution in [0.3, 0.4) is 0 Å². The van der Waals surface area contributed by atoms with Crippen molar-refractivity contribution in [2.45, 2.75) is 118 Å². The molecule has 0 aromatic rings. The summed E-state index contributed by atoms with van der Waals surface area (Å²) >= 11 is 0. The molecule has 0 bridgehead atoms. The second-order valence-electron chi connectivity index (χ2n) is 12.5. The highest BCUT2D eigenvalue weighted by molar-refractivity contribution is 5.08. The number of hydrogen-bond donors (Lipinski definition) is 0. The lowest BCUT2D eigenvalue weighted by molar-refractivity contribution is -0.108. The summed E-state index contributed by atoms with van der Waals surface area (Å²) in [5.41, 5.74) is 1.41. The van der Waals surface area contributed by atoms with Crippen molar-refractivity contribution in [2.24, 2.45) is 52.3 Å². The highest BCUT2D eigenvalue weighted by atomic mass is 14.6. The smallest absolute Gasteiger partial charge is 0.0264 e. The summed E-state index contributed by atoms with van der Waals surface area (Å²) in [6.45, 7) is 12.8. The maximum atomic E-state index is 2.76. The minimum absolute atomic E-state index is 0.693. The summed E-state index contributed by atoms with van der Waals surface area (Å²) in [4.78, 5) is 0. The van der Waals surface area contributed by atoms with Gasteiger partial charge in [-0.2, -0.15) is 0 Å². The fourth-order valence-electron chi connectivity index (χ4n) is 9.14. The predicted molar refractivity (Wildman–Crippen MR) is 118 cm³/mol. The maximum absolute atomic E-state index is 2.76. The molecule has 0 radical (unpaired) electrons. The molecule has 156 valence electrons. The van der Waals surface area contributed by atoms with E-state index in [0.717, 1.165) is 41.4 Å². The fraction of sp³-hybridized carbons (Fsp3) is 1.00. The third kappa shape index (κ3) is 3.54. The third-order valence-electron chi connectivity index (χ3n) is 10.7. The van der Waals surface area contributed by atoms with Gasteiger partial charge < -0.3 is 0 Å². The standard InChI is InChI=1S/C27H48/c1-19(2)9-8-10-20(3)21-14-18-27(5)24(21)13-12-22-23-11-6-7-16-26(23,4)17-15-25(22)27/h19-25H,6-18H2,1-5H3/t20-,21-,22-,23-,24+,25-,26-,27-/m0/s1. The largest absolute Gasteiger partial charge is 0.0628 e. The molecule has 4 aliphatic rings. The van der Waals surface area contributed by atoms with Crippen molar-refractivity contribution < 1.29 is 0 Å². The average Bonchev–Trinajstić information content (AvgIpc) is 2.98. The van der Waals surface area contributed by atoms with Gasteiger partial charge in [0.05, 0.1) is 0 Å². The van der Waals surface area contributed by atoms with Gasteiger partial charge in [0.15, 0.2) is 0 Å². The van der Waals surface area contributed by atoms with Crippen molar-refractivity contribution in [1.82, 2.24) is 0 Å². The Morgan fingerprint density at radius 2 is 1.56 bits per heavy atom. The van der Waals surface area contributed by atoms with Crippen LogP contribution in [-0.4, -0.2) is 0 Å². The molecule has 0 heterocycles. The van der Waals surface area contributed by atoms with Gasteiger partial charge in [0, 0.05) is 0 Å². The van der Waals surface area contributed by atoms with Crippen LogP contribution in [0.4, 0.5) is 0 Å². The van der Waals surface area contributed by atoms with Crippen LogP contribution in [0.15, 0.2) is 0 Å². The lowest BCUT2D eigenvalue weighted by Crippen LogP contribution is -2.52. The summed E-state index contributed by atoms with van der Waals surface area (Å²) < 4.78 is 0. The Morgan fingerprint density at radius 3 is 2.33 bits per heavy atom. The molecule has 0 saturated heterocycles. The molecule has 0 unspecified atom stereocenters. The molecule has 0 nitrogen and oxygen atoms in total. The molecule has 4 saturated carbocycles. The molecule has 4 fully saturated rings. The van der Waals surface area contributed by atoms with E-state index in [1.54, 1.807) is 44.9 Å². The van der Waals surface area contributed by atoms with E-state index in [-0.39, 0.29) is 0 Å². The molecule has 8 atom stereocenters. The van der Waals surface area contributed by atoms with Gasteiger partial charge in [-0.25, -0.2) is 0 Å². The van der Waals surface area contributed by atoms with E-state index in [1.807, 2.05) is 0 Å². The van der Waals surface area contributed by atoms with Crippen LogP contribution in [0.25, 0.3) is 0 Å². The Morgan fingerprint density at radius 1 is 0.741 bits per heavy atom. The molecule has 27 heavy (non-hydrogen) atoms. The van der Waals surface area contributed by atoms with E-state index in [9.17, 15) is 0 Å². The van der Waals surface area contributed by atoms with E-state index in [2.05, 4.69) is 34.6 Å². The SMILES string of the molecule is CC(C)CCC[C@H](C)[C@@H]1CC[C@@]2(C)[C@@H]1CC[C@H]1[C@@H]3CCCC[C@@]3(C)CC[C@@H]12. The van der Waals surface area contributed by atoms with E-state index in [1.165, 1.54) is 38.5 Å². The first kappa shape index (κ1) is 20.3. The molecule has 0 aromatic carbocycles. The molecule has 4 rings (SSSR count). The monoisotopic (exact) mass is 372 g/mol. The minimum Gasteiger partial charge on any atom is -0.0628 e. The first-order chi connectivity index (χ1) is 12.8. The molecule has 0 amide bonds. The second kappa shape index (κ2) is 7.68. The molecular weight excluding hydrogens is 324 g/mol. The highest BCUT2D eigenvalue weighted by Gasteiger charge is 2.59. The average molecular weight is 373 g/mol. The van der Waals surface area contributed by atoms with Gasteiger partial charge in [-0.3, -0.25) is 0 Å². The Labute approximate surface area is 170 Å². The van der Waals surface area contributed by atoms with Crippen molar-refractivity contribution in [2.75, 3.05) is 0 Å². The summed E-state index contributed by atoms with van der Waals surface area (Å²) in [6.07, 6.45) is 19.9. The van der Waals surface area contributed by atoms with Gasteiger partial charge in [0.2, 0.25) is 0 Å². The van der Waals surface area contributed by atoms with Crippen molar-refractivity contribution in [3.05, 3.63) is 0 Å². The zero-order valence-corrected chi connectivity index (χ0v) is 19.2. The van der Waals surface area contributed by atoms with E-state index in [0.29, 0.717) is 10.8 Å². The molecule has 4 aliphatic carbocycles. The van der Waals surface area contributed by atoms with Crippen LogP contribution in [-0.2, 0) is 0 Å². The lowest BCUT2D eigenvalue weighted by atomic mass is 9.45. The maximum Gasteiger partial charge on any atom is -0.0264 e. The van der Waals surface area contributed by atoms with Crippen molar-refractivity contribution in [3.8, 4) is 0 Å². The lowest BCUT2D eigenvalue weighted by Gasteiger charge is -2.60. The number of rotatable bonds is 5. The van der Waals surface area contributed by atoms with Gasteiger partial charge in [0.1, 0.15) is 0 Å². The zero-order valence-electron chi connectivity index (χ0n) is 19.2.